The van der Waals surface area contributed by atoms with Gasteiger partial charge in [-0.25, -0.2) is 5.57 Å². The molecule has 1 N–H and O–H groups in total. The minimum absolute atomic E-state index is 0. The molecule has 1 aliphatic carbocycles. The van der Waals surface area contributed by atoms with Crippen LogP contribution < -0.4 is 35.2 Å². The Morgan fingerprint density at radius 2 is 1.29 bits per heavy atom. The van der Waals surface area contributed by atoms with Crippen molar-refractivity contribution >= 4 is 25.8 Å². The van der Waals surface area contributed by atoms with E-state index in [1.807, 2.05) is 12.1 Å². The molecule has 1 aliphatic rings. The molecule has 38 heavy (non-hydrogen) atoms. The number of nitrogens with one attached hydrogen (secondary N) is 1. The molecule has 3 aromatic carbocycles. The Kier molecular flexibility index (Phi) is 18.8. The Morgan fingerprint density at radius 3 is 1.61 bits per heavy atom. The van der Waals surface area contributed by atoms with Crippen molar-refractivity contribution in [3.8, 4) is 0 Å². The molecule has 0 aliphatic heterocycles. The average Bonchev–Trinajstić information content (AvgIpc) is 3.06. The molecule has 0 spiro atoms. The van der Waals surface area contributed by atoms with Crippen LogP contribution in [-0.2, 0) is 31.6 Å². The molecule has 0 fully saturated rings. The smallest absolute Gasteiger partial charge is 1.00 e. The number of rotatable bonds is 3. The molecule has 0 saturated heterocycles. The van der Waals surface area contributed by atoms with Gasteiger partial charge in [0.05, 0.1) is 5.91 Å². The molecule has 0 saturated carbocycles. The fourth-order valence-electron chi connectivity index (χ4n) is 3.50. The standard InChI is InChI=1S/C12H10Si.C11H15NO.C9H13.2ClH.Zr/c1-3-7-11(8-4-1)13-12-9-5-2-6-10-12;1-11(2,3)9-6-4-5-8(7-9)10(12)13;1-6-5-7(2)9(4)8(6)3;;;/h1-10H;4-7H,1-3H3,(H2,12,13);6H,1-4H3;2*1H;/q;;-1;;;+4/p-3. The SMILES string of the molecule is CC(C)(C)c1cccc(C([NH-])=O)c1.CC1=[C-]C(C)C(C)=C1C.[Cl-].[Cl-].[Zr+4].c1ccc([Si]c2ccccc2)cc1. The van der Waals surface area contributed by atoms with E-state index in [4.69, 9.17) is 5.73 Å². The van der Waals surface area contributed by atoms with Crippen molar-refractivity contribution < 1.29 is 55.8 Å². The summed E-state index contributed by atoms with van der Waals surface area (Å²) in [5, 5.41) is 2.79. The van der Waals surface area contributed by atoms with Crippen LogP contribution in [0.25, 0.3) is 5.73 Å². The molecular formula is C32H37Cl2NOSiZr. The Labute approximate surface area is 264 Å². The van der Waals surface area contributed by atoms with Crippen LogP contribution in [-0.4, -0.2) is 15.4 Å². The molecule has 2 radical (unpaired) electrons. The van der Waals surface area contributed by atoms with Crippen molar-refractivity contribution in [1.29, 1.82) is 0 Å². The van der Waals surface area contributed by atoms with Gasteiger partial charge in [-0.05, 0) is 22.6 Å². The van der Waals surface area contributed by atoms with Crippen molar-refractivity contribution in [2.24, 2.45) is 5.92 Å². The fourth-order valence-corrected chi connectivity index (χ4v) is 4.55. The molecule has 0 heterocycles. The van der Waals surface area contributed by atoms with Gasteiger partial charge in [0, 0.05) is 0 Å². The van der Waals surface area contributed by atoms with E-state index in [1.54, 1.807) is 12.1 Å². The van der Waals surface area contributed by atoms with E-state index in [0.29, 0.717) is 11.5 Å². The van der Waals surface area contributed by atoms with Crippen molar-refractivity contribution in [3.05, 3.63) is 125 Å². The Morgan fingerprint density at radius 1 is 0.816 bits per heavy atom. The number of hydrogen-bond donors (Lipinski definition) is 0. The quantitative estimate of drug-likeness (QED) is 0.314. The van der Waals surface area contributed by atoms with Crippen LogP contribution in [0.5, 0.6) is 0 Å². The number of benzene rings is 3. The van der Waals surface area contributed by atoms with Crippen molar-refractivity contribution in [2.45, 2.75) is 53.9 Å². The molecule has 1 atom stereocenters. The minimum Gasteiger partial charge on any atom is -1.00 e. The van der Waals surface area contributed by atoms with Crippen LogP contribution in [0, 0.1) is 12.0 Å². The zero-order chi connectivity index (χ0) is 26.0. The van der Waals surface area contributed by atoms with E-state index in [1.165, 1.54) is 27.1 Å². The average molecular weight is 642 g/mol. The number of amides is 1. The Hall–Kier alpha value is -1.71. The summed E-state index contributed by atoms with van der Waals surface area (Å²) in [6, 6.07) is 28.4. The van der Waals surface area contributed by atoms with E-state index in [9.17, 15) is 4.79 Å². The van der Waals surface area contributed by atoms with Crippen LogP contribution in [0.1, 0.15) is 64.4 Å². The first-order valence-corrected chi connectivity index (χ1v) is 13.0. The maximum atomic E-state index is 10.8. The molecule has 0 bridgehead atoms. The first-order valence-electron chi connectivity index (χ1n) is 12.0. The van der Waals surface area contributed by atoms with Gasteiger partial charge in [-0.2, -0.15) is 11.1 Å². The van der Waals surface area contributed by atoms with Crippen molar-refractivity contribution in [1.82, 2.24) is 0 Å². The van der Waals surface area contributed by atoms with Crippen LogP contribution in [0.2, 0.25) is 0 Å². The third kappa shape index (κ3) is 12.9. The van der Waals surface area contributed by atoms with E-state index >= 15 is 0 Å². The van der Waals surface area contributed by atoms with Gasteiger partial charge in [0.25, 0.3) is 0 Å². The molecular weight excluding hydrogens is 605 g/mol. The molecule has 3 aromatic rings. The van der Waals surface area contributed by atoms with Gasteiger partial charge in [0.15, 0.2) is 0 Å². The first-order chi connectivity index (χ1) is 16.5. The van der Waals surface area contributed by atoms with Gasteiger partial charge in [-0.15, -0.1) is 6.92 Å². The number of carbonyl (C=O) groups excluding carboxylic acids is 1. The van der Waals surface area contributed by atoms with Gasteiger partial charge >= 0.3 is 26.2 Å². The summed E-state index contributed by atoms with van der Waals surface area (Å²) in [7, 11) is 0.777. The van der Waals surface area contributed by atoms with Crippen molar-refractivity contribution in [2.75, 3.05) is 0 Å². The maximum Gasteiger partial charge on any atom is 4.00 e. The van der Waals surface area contributed by atoms with E-state index in [2.05, 4.69) is 115 Å². The number of carbonyl (C=O) groups is 1. The number of halogens is 2. The molecule has 6 heteroatoms. The Bertz CT molecular complexity index is 1140. The molecule has 4 rings (SSSR count). The number of hydrogen-bond acceptors (Lipinski definition) is 1. The monoisotopic (exact) mass is 639 g/mol. The normalized spacial score (nSPS) is 13.7. The van der Waals surface area contributed by atoms with E-state index in [-0.39, 0.29) is 56.4 Å². The largest absolute Gasteiger partial charge is 4.00 e. The third-order valence-corrected chi connectivity index (χ3v) is 7.31. The summed E-state index contributed by atoms with van der Waals surface area (Å²) in [5.74, 6) is -0.0592. The van der Waals surface area contributed by atoms with E-state index < -0.39 is 5.91 Å². The summed E-state index contributed by atoms with van der Waals surface area (Å²) in [6.45, 7) is 14.9. The maximum absolute atomic E-state index is 10.8. The molecule has 198 valence electrons. The second kappa shape index (κ2) is 18.6. The molecule has 1 unspecified atom stereocenters. The molecule has 0 aromatic heterocycles. The molecule has 1 amide bonds. The van der Waals surface area contributed by atoms with Crippen molar-refractivity contribution in [3.63, 3.8) is 0 Å². The third-order valence-electron chi connectivity index (χ3n) is 6.06. The van der Waals surface area contributed by atoms with Gasteiger partial charge < -0.3 is 35.3 Å². The predicted octanol–water partition coefficient (Wildman–Crippen LogP) is 1.25. The topological polar surface area (TPSA) is 40.9 Å². The first kappa shape index (κ1) is 38.4. The van der Waals surface area contributed by atoms with Crippen LogP contribution in [0.4, 0.5) is 0 Å². The predicted molar refractivity (Wildman–Crippen MR) is 152 cm³/mol. The fraction of sp³-hybridized carbons (Fsp3) is 0.281. The zero-order valence-corrected chi connectivity index (χ0v) is 28.3. The summed E-state index contributed by atoms with van der Waals surface area (Å²) in [4.78, 5) is 10.8. The zero-order valence-electron chi connectivity index (χ0n) is 23.3. The summed E-state index contributed by atoms with van der Waals surface area (Å²) < 4.78 is 0. The van der Waals surface area contributed by atoms with Gasteiger partial charge in [0.1, 0.15) is 9.52 Å². The second-order valence-corrected chi connectivity index (χ2v) is 11.2. The summed E-state index contributed by atoms with van der Waals surface area (Å²) in [5.41, 5.74) is 12.8. The van der Waals surface area contributed by atoms with Crippen LogP contribution in [0.3, 0.4) is 0 Å². The van der Waals surface area contributed by atoms with E-state index in [0.717, 1.165) is 15.1 Å². The van der Waals surface area contributed by atoms with Gasteiger partial charge in [-0.3, -0.25) is 6.08 Å². The summed E-state index contributed by atoms with van der Waals surface area (Å²) in [6.07, 6.45) is 3.36. The molecule has 2 nitrogen and oxygen atoms in total. The number of allylic oxidation sites excluding steroid dienone is 4. The van der Waals surface area contributed by atoms with Gasteiger partial charge in [0.2, 0.25) is 0 Å². The second-order valence-electron chi connectivity index (χ2n) is 9.82. The Balaban J connectivity index is 0. The minimum atomic E-state index is -0.619. The van der Waals surface area contributed by atoms with Crippen LogP contribution in [0.15, 0.2) is 102 Å². The van der Waals surface area contributed by atoms with Gasteiger partial charge in [-0.1, -0.05) is 137 Å². The summed E-state index contributed by atoms with van der Waals surface area (Å²) >= 11 is 0. The van der Waals surface area contributed by atoms with Crippen LogP contribution >= 0.6 is 0 Å².